The van der Waals surface area contributed by atoms with Crippen molar-refractivity contribution in [3.05, 3.63) is 29.8 Å². The summed E-state index contributed by atoms with van der Waals surface area (Å²) in [4.78, 5) is 0. The molecule has 1 aromatic carbocycles. The number of aliphatic hydroxyl groups excluding tert-OH is 1. The zero-order valence-corrected chi connectivity index (χ0v) is 11.2. The van der Waals surface area contributed by atoms with Gasteiger partial charge >= 0.3 is 6.36 Å². The fourth-order valence-electron chi connectivity index (χ4n) is 2.52. The molecule has 3 atom stereocenters. The van der Waals surface area contributed by atoms with E-state index in [0.29, 0.717) is 11.5 Å². The van der Waals surface area contributed by atoms with Gasteiger partial charge in [0.05, 0.1) is 6.10 Å². The molecule has 0 bridgehead atoms. The summed E-state index contributed by atoms with van der Waals surface area (Å²) in [5.74, 6) is 0.184. The highest BCUT2D eigenvalue weighted by molar-refractivity contribution is 5.30. The fraction of sp³-hybridized carbons (Fsp3) is 0.571. The van der Waals surface area contributed by atoms with Crippen molar-refractivity contribution in [2.75, 3.05) is 6.54 Å². The molecule has 112 valence electrons. The lowest BCUT2D eigenvalue weighted by atomic mass is 9.89. The van der Waals surface area contributed by atoms with Gasteiger partial charge in [-0.15, -0.1) is 13.2 Å². The summed E-state index contributed by atoms with van der Waals surface area (Å²) in [6.07, 6.45) is -3.72. The standard InChI is InChI=1S/C14H18F3NO2/c1-9-5-6-18-12(7-9)13(19)10-3-2-4-11(8-10)20-14(15,16)17/h2-4,8-9,12-13,18-19H,5-7H2,1H3. The van der Waals surface area contributed by atoms with Gasteiger partial charge < -0.3 is 15.2 Å². The van der Waals surface area contributed by atoms with Gasteiger partial charge in [0.1, 0.15) is 5.75 Å². The van der Waals surface area contributed by atoms with Gasteiger partial charge in [0.25, 0.3) is 0 Å². The van der Waals surface area contributed by atoms with Gasteiger partial charge in [0.15, 0.2) is 0 Å². The summed E-state index contributed by atoms with van der Waals surface area (Å²) in [5, 5.41) is 13.5. The molecule has 2 N–H and O–H groups in total. The maximum Gasteiger partial charge on any atom is 0.573 e. The number of halogens is 3. The lowest BCUT2D eigenvalue weighted by molar-refractivity contribution is -0.274. The molecule has 6 heteroatoms. The number of benzene rings is 1. The van der Waals surface area contributed by atoms with Crippen LogP contribution in [-0.2, 0) is 0 Å². The molecule has 2 rings (SSSR count). The van der Waals surface area contributed by atoms with Gasteiger partial charge in [-0.3, -0.25) is 0 Å². The molecule has 1 heterocycles. The lowest BCUT2D eigenvalue weighted by Crippen LogP contribution is -2.41. The highest BCUT2D eigenvalue weighted by Crippen LogP contribution is 2.29. The molecule has 0 amide bonds. The van der Waals surface area contributed by atoms with Crippen LogP contribution in [0.5, 0.6) is 5.75 Å². The topological polar surface area (TPSA) is 41.5 Å². The summed E-state index contributed by atoms with van der Waals surface area (Å²) in [7, 11) is 0. The molecule has 1 aliphatic heterocycles. The number of nitrogens with one attached hydrogen (secondary N) is 1. The highest BCUT2D eigenvalue weighted by Gasteiger charge is 2.32. The van der Waals surface area contributed by atoms with Crippen LogP contribution in [0.4, 0.5) is 13.2 Å². The number of aliphatic hydroxyl groups is 1. The molecular weight excluding hydrogens is 271 g/mol. The van der Waals surface area contributed by atoms with Crippen molar-refractivity contribution in [2.45, 2.75) is 38.3 Å². The Kier molecular flexibility index (Phi) is 4.55. The van der Waals surface area contributed by atoms with Crippen LogP contribution < -0.4 is 10.1 Å². The second-order valence-corrected chi connectivity index (χ2v) is 5.26. The predicted octanol–water partition coefficient (Wildman–Crippen LogP) is 3.01. The van der Waals surface area contributed by atoms with E-state index < -0.39 is 12.5 Å². The third kappa shape index (κ3) is 4.11. The predicted molar refractivity (Wildman–Crippen MR) is 68.3 cm³/mol. The number of piperidine rings is 1. The molecule has 1 aromatic rings. The first-order chi connectivity index (χ1) is 9.35. The van der Waals surface area contributed by atoms with Gasteiger partial charge in [0, 0.05) is 6.04 Å². The number of alkyl halides is 3. The van der Waals surface area contributed by atoms with Crippen molar-refractivity contribution < 1.29 is 23.0 Å². The van der Waals surface area contributed by atoms with Gasteiger partial charge in [-0.05, 0) is 43.0 Å². The lowest BCUT2D eigenvalue weighted by Gasteiger charge is -2.32. The van der Waals surface area contributed by atoms with E-state index in [1.54, 1.807) is 6.07 Å². The third-order valence-corrected chi connectivity index (χ3v) is 3.51. The Balaban J connectivity index is 2.09. The van der Waals surface area contributed by atoms with Crippen LogP contribution >= 0.6 is 0 Å². The molecule has 0 radical (unpaired) electrons. The van der Waals surface area contributed by atoms with Crippen LogP contribution in [0.25, 0.3) is 0 Å². The number of hydrogen-bond donors (Lipinski definition) is 2. The monoisotopic (exact) mass is 289 g/mol. The zero-order chi connectivity index (χ0) is 14.8. The van der Waals surface area contributed by atoms with Gasteiger partial charge in [-0.1, -0.05) is 19.1 Å². The fourth-order valence-corrected chi connectivity index (χ4v) is 2.52. The van der Waals surface area contributed by atoms with Crippen molar-refractivity contribution >= 4 is 0 Å². The highest BCUT2D eigenvalue weighted by atomic mass is 19.4. The Morgan fingerprint density at radius 3 is 2.80 bits per heavy atom. The Morgan fingerprint density at radius 1 is 1.40 bits per heavy atom. The molecular formula is C14H18F3NO2. The molecule has 0 aromatic heterocycles. The van der Waals surface area contributed by atoms with Crippen molar-refractivity contribution in [1.82, 2.24) is 5.32 Å². The van der Waals surface area contributed by atoms with Crippen LogP contribution in [0, 0.1) is 5.92 Å². The minimum Gasteiger partial charge on any atom is -0.406 e. The quantitative estimate of drug-likeness (QED) is 0.899. The van der Waals surface area contributed by atoms with Crippen LogP contribution in [0.2, 0.25) is 0 Å². The Bertz CT molecular complexity index is 450. The first-order valence-corrected chi connectivity index (χ1v) is 6.62. The van der Waals surface area contributed by atoms with Crippen LogP contribution in [0.1, 0.15) is 31.4 Å². The van der Waals surface area contributed by atoms with E-state index in [0.717, 1.165) is 19.4 Å². The van der Waals surface area contributed by atoms with Gasteiger partial charge in [-0.25, -0.2) is 0 Å². The van der Waals surface area contributed by atoms with Crippen LogP contribution in [0.3, 0.4) is 0 Å². The van der Waals surface area contributed by atoms with Crippen molar-refractivity contribution in [3.8, 4) is 5.75 Å². The normalized spacial score (nSPS) is 25.2. The average molecular weight is 289 g/mol. The van der Waals surface area contributed by atoms with E-state index in [4.69, 9.17) is 0 Å². The molecule has 1 aliphatic rings. The minimum absolute atomic E-state index is 0.139. The van der Waals surface area contributed by atoms with E-state index in [1.807, 2.05) is 0 Å². The first kappa shape index (κ1) is 15.1. The average Bonchev–Trinajstić information content (AvgIpc) is 2.36. The minimum atomic E-state index is -4.72. The number of ether oxygens (including phenoxy) is 1. The zero-order valence-electron chi connectivity index (χ0n) is 11.2. The van der Waals surface area contributed by atoms with E-state index in [1.165, 1.54) is 18.2 Å². The van der Waals surface area contributed by atoms with Crippen molar-refractivity contribution in [2.24, 2.45) is 5.92 Å². The molecule has 3 nitrogen and oxygen atoms in total. The molecule has 1 fully saturated rings. The molecule has 0 aliphatic carbocycles. The van der Waals surface area contributed by atoms with Crippen molar-refractivity contribution in [3.63, 3.8) is 0 Å². The first-order valence-electron chi connectivity index (χ1n) is 6.62. The molecule has 0 spiro atoms. The molecule has 20 heavy (non-hydrogen) atoms. The largest absolute Gasteiger partial charge is 0.573 e. The van der Waals surface area contributed by atoms with E-state index >= 15 is 0 Å². The summed E-state index contributed by atoms with van der Waals surface area (Å²) in [6.45, 7) is 2.91. The summed E-state index contributed by atoms with van der Waals surface area (Å²) >= 11 is 0. The molecule has 1 saturated heterocycles. The summed E-state index contributed by atoms with van der Waals surface area (Å²) < 4.78 is 40.4. The van der Waals surface area contributed by atoms with E-state index in [2.05, 4.69) is 17.0 Å². The molecule has 3 unspecified atom stereocenters. The number of hydrogen-bond acceptors (Lipinski definition) is 3. The molecule has 0 saturated carbocycles. The van der Waals surface area contributed by atoms with Crippen molar-refractivity contribution in [1.29, 1.82) is 0 Å². The van der Waals surface area contributed by atoms with Gasteiger partial charge in [-0.2, -0.15) is 0 Å². The summed E-state index contributed by atoms with van der Waals surface area (Å²) in [6, 6.07) is 5.38. The van der Waals surface area contributed by atoms with E-state index in [9.17, 15) is 18.3 Å². The summed E-state index contributed by atoms with van der Waals surface area (Å²) in [5.41, 5.74) is 0.429. The Hall–Kier alpha value is -1.27. The number of rotatable bonds is 3. The third-order valence-electron chi connectivity index (χ3n) is 3.51. The second kappa shape index (κ2) is 6.01. The maximum atomic E-state index is 12.2. The smallest absolute Gasteiger partial charge is 0.406 e. The van der Waals surface area contributed by atoms with Crippen LogP contribution in [-0.4, -0.2) is 24.1 Å². The van der Waals surface area contributed by atoms with Gasteiger partial charge in [0.2, 0.25) is 0 Å². The SMILES string of the molecule is CC1CCNC(C(O)c2cccc(OC(F)(F)F)c2)C1. The van der Waals surface area contributed by atoms with Crippen LogP contribution in [0.15, 0.2) is 24.3 Å². The maximum absolute atomic E-state index is 12.2. The second-order valence-electron chi connectivity index (χ2n) is 5.26. The Labute approximate surface area is 115 Å². The Morgan fingerprint density at radius 2 is 2.15 bits per heavy atom. The van der Waals surface area contributed by atoms with E-state index in [-0.39, 0.29) is 11.8 Å².